The maximum absolute atomic E-state index is 12.6. The van der Waals surface area contributed by atoms with Crippen molar-refractivity contribution in [2.24, 2.45) is 0 Å². The summed E-state index contributed by atoms with van der Waals surface area (Å²) in [5.74, 6) is 1.86. The average Bonchev–Trinajstić information content (AvgIpc) is 3.22. The zero-order valence-electron chi connectivity index (χ0n) is 18.3. The number of carbonyl (C=O) groups is 1. The standard InChI is InChI=1S/C24H29N5O3/c1-18-14-20(28-27-18)15-26-23(30)17-29-12-5-2-6-13-31-21-9-3-4-10-22(21)32-24-19(16-29)8-7-11-25-24/h3-4,7-11,14H,2,5-6,12-13,15-17H2,1H3,(H,26,30)(H,27,28). The van der Waals surface area contributed by atoms with Gasteiger partial charge in [-0.3, -0.25) is 14.8 Å². The molecule has 2 N–H and O–H groups in total. The minimum atomic E-state index is -0.0324. The predicted octanol–water partition coefficient (Wildman–Crippen LogP) is 3.59. The van der Waals surface area contributed by atoms with Crippen LogP contribution in [-0.2, 0) is 17.9 Å². The molecular formula is C24H29N5O3. The van der Waals surface area contributed by atoms with Crippen LogP contribution in [0.5, 0.6) is 17.4 Å². The zero-order valence-corrected chi connectivity index (χ0v) is 18.3. The van der Waals surface area contributed by atoms with E-state index >= 15 is 0 Å². The molecular weight excluding hydrogens is 406 g/mol. The summed E-state index contributed by atoms with van der Waals surface area (Å²) < 4.78 is 12.1. The Hall–Kier alpha value is -3.39. The number of hydrogen-bond donors (Lipinski definition) is 2. The van der Waals surface area contributed by atoms with Gasteiger partial charge in [-0.2, -0.15) is 5.10 Å². The van der Waals surface area contributed by atoms with Crippen molar-refractivity contribution in [3.63, 3.8) is 0 Å². The number of pyridine rings is 1. The lowest BCUT2D eigenvalue weighted by atomic mass is 10.2. The molecule has 8 nitrogen and oxygen atoms in total. The molecule has 0 spiro atoms. The number of fused-ring (bicyclic) bond motifs is 2. The van der Waals surface area contributed by atoms with E-state index in [-0.39, 0.29) is 5.91 Å². The molecule has 1 aromatic carbocycles. The monoisotopic (exact) mass is 435 g/mol. The van der Waals surface area contributed by atoms with Gasteiger partial charge in [0, 0.05) is 24.0 Å². The van der Waals surface area contributed by atoms with Gasteiger partial charge in [0.1, 0.15) is 0 Å². The molecule has 0 aliphatic carbocycles. The molecule has 0 saturated heterocycles. The first-order chi connectivity index (χ1) is 15.7. The molecule has 8 heteroatoms. The lowest BCUT2D eigenvalue weighted by molar-refractivity contribution is -0.122. The second-order valence-electron chi connectivity index (χ2n) is 7.96. The fraction of sp³-hybridized carbons (Fsp3) is 0.375. The van der Waals surface area contributed by atoms with Crippen LogP contribution in [0.1, 0.15) is 36.2 Å². The summed E-state index contributed by atoms with van der Waals surface area (Å²) in [7, 11) is 0. The normalized spacial score (nSPS) is 15.0. The lowest BCUT2D eigenvalue weighted by Crippen LogP contribution is -2.37. The number of carbonyl (C=O) groups excluding carboxylic acids is 1. The first kappa shape index (κ1) is 21.8. The van der Waals surface area contributed by atoms with Crippen LogP contribution in [0.4, 0.5) is 0 Å². The second-order valence-corrected chi connectivity index (χ2v) is 7.96. The van der Waals surface area contributed by atoms with E-state index in [1.54, 1.807) is 6.20 Å². The van der Waals surface area contributed by atoms with Gasteiger partial charge >= 0.3 is 0 Å². The highest BCUT2D eigenvalue weighted by Gasteiger charge is 2.17. The highest BCUT2D eigenvalue weighted by atomic mass is 16.5. The Kier molecular flexibility index (Phi) is 7.34. The van der Waals surface area contributed by atoms with Crippen molar-refractivity contribution in [3.8, 4) is 17.4 Å². The number of amides is 1. The van der Waals surface area contributed by atoms with Gasteiger partial charge in [0.25, 0.3) is 0 Å². The third-order valence-electron chi connectivity index (χ3n) is 5.27. The largest absolute Gasteiger partial charge is 0.490 e. The van der Waals surface area contributed by atoms with Gasteiger partial charge < -0.3 is 14.8 Å². The van der Waals surface area contributed by atoms with Gasteiger partial charge in [-0.25, -0.2) is 4.98 Å². The summed E-state index contributed by atoms with van der Waals surface area (Å²) in [5, 5.41) is 10.0. The Morgan fingerprint density at radius 3 is 2.88 bits per heavy atom. The lowest BCUT2D eigenvalue weighted by Gasteiger charge is -2.22. The van der Waals surface area contributed by atoms with E-state index in [0.29, 0.717) is 43.6 Å². The number of H-pyrrole nitrogens is 1. The maximum Gasteiger partial charge on any atom is 0.234 e. The first-order valence-electron chi connectivity index (χ1n) is 11.0. The maximum atomic E-state index is 12.6. The molecule has 4 rings (SSSR count). The average molecular weight is 436 g/mol. The number of nitrogens with one attached hydrogen (secondary N) is 2. The first-order valence-corrected chi connectivity index (χ1v) is 11.0. The third kappa shape index (κ3) is 6.07. The van der Waals surface area contributed by atoms with Gasteiger partial charge in [-0.05, 0) is 57.0 Å². The quantitative estimate of drug-likeness (QED) is 0.651. The van der Waals surface area contributed by atoms with E-state index in [1.165, 1.54) is 0 Å². The van der Waals surface area contributed by atoms with Crippen LogP contribution < -0.4 is 14.8 Å². The number of aromatic nitrogens is 3. The molecule has 0 bridgehead atoms. The molecule has 32 heavy (non-hydrogen) atoms. The fourth-order valence-electron chi connectivity index (χ4n) is 3.66. The van der Waals surface area contributed by atoms with E-state index in [1.807, 2.05) is 49.4 Å². The second kappa shape index (κ2) is 10.8. The molecule has 1 amide bonds. The van der Waals surface area contributed by atoms with Crippen LogP contribution in [0.3, 0.4) is 0 Å². The van der Waals surface area contributed by atoms with E-state index < -0.39 is 0 Å². The van der Waals surface area contributed by atoms with Crippen LogP contribution in [0.25, 0.3) is 0 Å². The van der Waals surface area contributed by atoms with Gasteiger partial charge in [0.2, 0.25) is 11.8 Å². The fourth-order valence-corrected chi connectivity index (χ4v) is 3.66. The Labute approximate surface area is 188 Å². The van der Waals surface area contributed by atoms with E-state index in [9.17, 15) is 4.79 Å². The van der Waals surface area contributed by atoms with Crippen molar-refractivity contribution in [1.29, 1.82) is 0 Å². The summed E-state index contributed by atoms with van der Waals surface area (Å²) in [4.78, 5) is 19.2. The summed E-state index contributed by atoms with van der Waals surface area (Å²) in [6.45, 7) is 4.64. The van der Waals surface area contributed by atoms with E-state index in [2.05, 4.69) is 25.4 Å². The number of aryl methyl sites for hydroxylation is 1. The number of ether oxygens (including phenoxy) is 2. The highest BCUT2D eigenvalue weighted by Crippen LogP contribution is 2.32. The summed E-state index contributed by atoms with van der Waals surface area (Å²) >= 11 is 0. The Morgan fingerprint density at radius 2 is 2.03 bits per heavy atom. The number of benzene rings is 1. The van der Waals surface area contributed by atoms with Crippen molar-refractivity contribution in [1.82, 2.24) is 25.4 Å². The zero-order chi connectivity index (χ0) is 22.2. The molecule has 1 aliphatic rings. The molecule has 0 atom stereocenters. The minimum Gasteiger partial charge on any atom is -0.490 e. The van der Waals surface area contributed by atoms with Crippen LogP contribution in [0.15, 0.2) is 48.7 Å². The van der Waals surface area contributed by atoms with Crippen molar-refractivity contribution < 1.29 is 14.3 Å². The van der Waals surface area contributed by atoms with Gasteiger partial charge in [-0.15, -0.1) is 0 Å². The molecule has 2 aromatic heterocycles. The molecule has 0 fully saturated rings. The van der Waals surface area contributed by atoms with Gasteiger partial charge in [-0.1, -0.05) is 18.2 Å². The van der Waals surface area contributed by atoms with Gasteiger partial charge in [0.15, 0.2) is 11.5 Å². The molecule has 0 saturated carbocycles. The van der Waals surface area contributed by atoms with Crippen LogP contribution in [0.2, 0.25) is 0 Å². The summed E-state index contributed by atoms with van der Waals surface area (Å²) in [5.41, 5.74) is 2.72. The van der Waals surface area contributed by atoms with Crippen LogP contribution in [0, 0.1) is 6.92 Å². The van der Waals surface area contributed by atoms with Crippen LogP contribution in [-0.4, -0.2) is 45.7 Å². The summed E-state index contributed by atoms with van der Waals surface area (Å²) in [6, 6.07) is 13.5. The smallest absolute Gasteiger partial charge is 0.234 e. The number of para-hydroxylation sites is 2. The molecule has 3 aromatic rings. The van der Waals surface area contributed by atoms with Crippen molar-refractivity contribution in [3.05, 3.63) is 65.6 Å². The third-order valence-corrected chi connectivity index (χ3v) is 5.27. The highest BCUT2D eigenvalue weighted by molar-refractivity contribution is 5.78. The van der Waals surface area contributed by atoms with E-state index in [0.717, 1.165) is 42.8 Å². The van der Waals surface area contributed by atoms with Gasteiger partial charge in [0.05, 0.1) is 25.4 Å². The van der Waals surface area contributed by atoms with Crippen molar-refractivity contribution in [2.45, 2.75) is 39.3 Å². The van der Waals surface area contributed by atoms with E-state index in [4.69, 9.17) is 9.47 Å². The van der Waals surface area contributed by atoms with Crippen molar-refractivity contribution >= 4 is 5.91 Å². The molecule has 168 valence electrons. The van der Waals surface area contributed by atoms with Crippen molar-refractivity contribution in [2.75, 3.05) is 19.7 Å². The Morgan fingerprint density at radius 1 is 1.16 bits per heavy atom. The Bertz CT molecular complexity index is 1040. The number of hydrogen-bond acceptors (Lipinski definition) is 6. The Balaban J connectivity index is 1.47. The predicted molar refractivity (Wildman–Crippen MR) is 121 cm³/mol. The topological polar surface area (TPSA) is 92.4 Å². The minimum absolute atomic E-state index is 0.0324. The number of aromatic amines is 1. The molecule has 0 radical (unpaired) electrons. The molecule has 3 heterocycles. The SMILES string of the molecule is Cc1cc(CNC(=O)CN2CCCCCOc3ccccc3Oc3ncccc3C2)n[nH]1. The number of rotatable bonds is 4. The summed E-state index contributed by atoms with van der Waals surface area (Å²) in [6.07, 6.45) is 4.66. The molecule has 0 unspecified atom stereocenters. The molecule has 1 aliphatic heterocycles. The number of nitrogens with zero attached hydrogens (tertiary/aromatic N) is 3. The van der Waals surface area contributed by atoms with Crippen LogP contribution >= 0.6 is 0 Å².